The zero-order valence-corrected chi connectivity index (χ0v) is 8.08. The lowest BCUT2D eigenvalue weighted by Gasteiger charge is -2.25. The van der Waals surface area contributed by atoms with E-state index >= 15 is 0 Å². The second-order valence-corrected chi connectivity index (χ2v) is 4.83. The van der Waals surface area contributed by atoms with E-state index in [1.54, 1.807) is 0 Å². The van der Waals surface area contributed by atoms with E-state index < -0.39 is 11.6 Å². The van der Waals surface area contributed by atoms with Crippen molar-refractivity contribution in [3.8, 4) is 0 Å². The largest absolute Gasteiger partial charge is 0.459 e. The van der Waals surface area contributed by atoms with Crippen LogP contribution in [0.2, 0.25) is 0 Å². The van der Waals surface area contributed by atoms with Crippen LogP contribution in [0.5, 0.6) is 0 Å². The number of carbonyl (C=O) groups is 1. The monoisotopic (exact) mass is 268 g/mol. The molecular weight excluding hydrogens is 259 g/mol. The van der Waals surface area contributed by atoms with Crippen LogP contribution in [0.1, 0.15) is 19.3 Å². The molecule has 0 amide bonds. The van der Waals surface area contributed by atoms with Crippen LogP contribution in [0, 0.1) is 0 Å². The molecule has 2 fully saturated rings. The molecule has 1 saturated carbocycles. The van der Waals surface area contributed by atoms with Crippen LogP contribution in [0.3, 0.4) is 0 Å². The molecule has 11 heavy (non-hydrogen) atoms. The maximum Gasteiger partial charge on any atom is 0.338 e. The second kappa shape index (κ2) is 2.32. The summed E-state index contributed by atoms with van der Waals surface area (Å²) in [6.07, 6.45) is 1.91. The summed E-state index contributed by atoms with van der Waals surface area (Å²) in [6, 6.07) is 0. The summed E-state index contributed by atoms with van der Waals surface area (Å²) in [5, 5.41) is 9.63. The summed E-state index contributed by atoms with van der Waals surface area (Å²) >= 11 is 2.27. The topological polar surface area (TPSA) is 46.5 Å². The first-order chi connectivity index (χ1) is 5.12. The molecule has 1 N–H and O–H groups in total. The number of hydrogen-bond acceptors (Lipinski definition) is 3. The van der Waals surface area contributed by atoms with E-state index in [1.165, 1.54) is 0 Å². The molecule has 0 aromatic heterocycles. The SMILES string of the molecule is O=C1O[C@H]2C[C@@]1(O)CC[C@H]2I. The van der Waals surface area contributed by atoms with Gasteiger partial charge < -0.3 is 9.84 Å². The molecule has 0 aromatic carbocycles. The van der Waals surface area contributed by atoms with Crippen molar-refractivity contribution in [3.63, 3.8) is 0 Å². The van der Waals surface area contributed by atoms with Gasteiger partial charge in [0.1, 0.15) is 6.10 Å². The molecule has 1 heterocycles. The van der Waals surface area contributed by atoms with E-state index in [2.05, 4.69) is 22.6 Å². The van der Waals surface area contributed by atoms with E-state index in [1.807, 2.05) is 0 Å². The average molecular weight is 268 g/mol. The minimum atomic E-state index is -1.13. The quantitative estimate of drug-likeness (QED) is 0.398. The van der Waals surface area contributed by atoms with Gasteiger partial charge in [-0.2, -0.15) is 0 Å². The number of hydrogen-bond donors (Lipinski definition) is 1. The summed E-state index contributed by atoms with van der Waals surface area (Å²) in [6.45, 7) is 0. The number of esters is 1. The lowest BCUT2D eigenvalue weighted by Crippen LogP contribution is -2.38. The molecule has 0 aromatic rings. The summed E-state index contributed by atoms with van der Waals surface area (Å²) in [7, 11) is 0. The predicted molar refractivity (Wildman–Crippen MR) is 46.5 cm³/mol. The van der Waals surface area contributed by atoms with Gasteiger partial charge in [0.15, 0.2) is 5.60 Å². The Kier molecular flexibility index (Phi) is 1.64. The second-order valence-electron chi connectivity index (χ2n) is 3.23. The molecule has 4 heteroatoms. The van der Waals surface area contributed by atoms with Crippen LogP contribution in [-0.4, -0.2) is 26.7 Å². The molecule has 2 aliphatic rings. The highest BCUT2D eigenvalue weighted by Crippen LogP contribution is 2.40. The molecular formula is C7H9IO3. The Morgan fingerprint density at radius 3 is 3.09 bits per heavy atom. The number of ether oxygens (including phenoxy) is 1. The number of fused-ring (bicyclic) bond motifs is 2. The number of carbonyl (C=O) groups excluding carboxylic acids is 1. The van der Waals surface area contributed by atoms with Crippen LogP contribution in [-0.2, 0) is 9.53 Å². The molecule has 0 unspecified atom stereocenters. The summed E-state index contributed by atoms with van der Waals surface area (Å²) < 4.78 is 5.39. The third kappa shape index (κ3) is 1.07. The molecule has 3 nitrogen and oxygen atoms in total. The van der Waals surface area contributed by atoms with Crippen molar-refractivity contribution in [3.05, 3.63) is 0 Å². The van der Waals surface area contributed by atoms with E-state index in [0.717, 1.165) is 6.42 Å². The van der Waals surface area contributed by atoms with Crippen LogP contribution in [0.15, 0.2) is 0 Å². The maximum atomic E-state index is 11.0. The van der Waals surface area contributed by atoms with Gasteiger partial charge in [-0.3, -0.25) is 0 Å². The predicted octanol–water partition coefficient (Wildman–Crippen LogP) is 0.630. The van der Waals surface area contributed by atoms with E-state index in [-0.39, 0.29) is 6.10 Å². The van der Waals surface area contributed by atoms with Gasteiger partial charge in [-0.25, -0.2) is 4.79 Å². The summed E-state index contributed by atoms with van der Waals surface area (Å²) in [4.78, 5) is 11.0. The van der Waals surface area contributed by atoms with Gasteiger partial charge in [-0.05, 0) is 12.8 Å². The average Bonchev–Trinajstić information content (AvgIpc) is 2.20. The van der Waals surface area contributed by atoms with Gasteiger partial charge in [-0.15, -0.1) is 0 Å². The number of halogens is 1. The molecule has 1 saturated heterocycles. The molecule has 62 valence electrons. The van der Waals surface area contributed by atoms with Crippen LogP contribution < -0.4 is 0 Å². The van der Waals surface area contributed by atoms with Gasteiger partial charge in [-0.1, -0.05) is 22.6 Å². The molecule has 1 aliphatic heterocycles. The Morgan fingerprint density at radius 1 is 1.73 bits per heavy atom. The number of alkyl halides is 1. The fourth-order valence-corrected chi connectivity index (χ4v) is 2.39. The molecule has 2 bridgehead atoms. The maximum absolute atomic E-state index is 11.0. The van der Waals surface area contributed by atoms with Crippen LogP contribution in [0.4, 0.5) is 0 Å². The highest BCUT2D eigenvalue weighted by Gasteiger charge is 2.53. The van der Waals surface area contributed by atoms with Gasteiger partial charge >= 0.3 is 5.97 Å². The van der Waals surface area contributed by atoms with Crippen molar-refractivity contribution in [1.82, 2.24) is 0 Å². The number of aliphatic hydroxyl groups is 1. The zero-order valence-electron chi connectivity index (χ0n) is 5.92. The lowest BCUT2D eigenvalue weighted by atomic mass is 9.86. The Labute approximate surface area is 78.2 Å². The lowest BCUT2D eigenvalue weighted by molar-refractivity contribution is -0.153. The van der Waals surface area contributed by atoms with E-state index in [9.17, 15) is 9.90 Å². The molecule has 3 atom stereocenters. The first-order valence-corrected chi connectivity index (χ1v) is 4.94. The van der Waals surface area contributed by atoms with Crippen molar-refractivity contribution >= 4 is 28.6 Å². The zero-order chi connectivity index (χ0) is 8.06. The normalized spacial score (nSPS) is 49.1. The van der Waals surface area contributed by atoms with Crippen LogP contribution in [0.25, 0.3) is 0 Å². The third-order valence-corrected chi connectivity index (χ3v) is 3.84. The van der Waals surface area contributed by atoms with Crippen LogP contribution >= 0.6 is 22.6 Å². The summed E-state index contributed by atoms with van der Waals surface area (Å²) in [5.41, 5.74) is -1.13. The first kappa shape index (κ1) is 7.79. The van der Waals surface area contributed by atoms with Crippen molar-refractivity contribution in [1.29, 1.82) is 0 Å². The molecule has 0 spiro atoms. The van der Waals surface area contributed by atoms with Gasteiger partial charge in [0.25, 0.3) is 0 Å². The smallest absolute Gasteiger partial charge is 0.338 e. The Balaban J connectivity index is 2.24. The summed E-state index contributed by atoms with van der Waals surface area (Å²) in [5.74, 6) is -0.415. The highest BCUT2D eigenvalue weighted by atomic mass is 127. The molecule has 2 rings (SSSR count). The fraction of sp³-hybridized carbons (Fsp3) is 0.857. The van der Waals surface area contributed by atoms with Crippen molar-refractivity contribution < 1.29 is 14.6 Å². The highest BCUT2D eigenvalue weighted by molar-refractivity contribution is 14.1. The van der Waals surface area contributed by atoms with Crippen molar-refractivity contribution in [2.75, 3.05) is 0 Å². The van der Waals surface area contributed by atoms with Gasteiger partial charge in [0.05, 0.1) is 0 Å². The van der Waals surface area contributed by atoms with E-state index in [0.29, 0.717) is 16.8 Å². The van der Waals surface area contributed by atoms with E-state index in [4.69, 9.17) is 4.74 Å². The Bertz CT molecular complexity index is 206. The first-order valence-electron chi connectivity index (χ1n) is 3.69. The fourth-order valence-electron chi connectivity index (χ4n) is 1.67. The third-order valence-electron chi connectivity index (χ3n) is 2.41. The standard InChI is InChI=1S/C7H9IO3/c8-4-1-2-7(10)3-5(4)11-6(7)9/h4-5,10H,1-3H2/t4-,5+,7+/m1/s1. The Morgan fingerprint density at radius 2 is 2.45 bits per heavy atom. The van der Waals surface area contributed by atoms with Gasteiger partial charge in [0, 0.05) is 10.3 Å². The number of rotatable bonds is 0. The van der Waals surface area contributed by atoms with Crippen molar-refractivity contribution in [2.24, 2.45) is 0 Å². The van der Waals surface area contributed by atoms with Gasteiger partial charge in [0.2, 0.25) is 0 Å². The minimum absolute atomic E-state index is 0.0400. The minimum Gasteiger partial charge on any atom is -0.459 e. The molecule has 1 aliphatic carbocycles. The van der Waals surface area contributed by atoms with Crippen molar-refractivity contribution in [2.45, 2.75) is 34.9 Å². The molecule has 0 radical (unpaired) electrons. The Hall–Kier alpha value is 0.160.